The lowest BCUT2D eigenvalue weighted by Crippen LogP contribution is -2.08. The average Bonchev–Trinajstić information content (AvgIpc) is 2.60. The molecule has 15 heavy (non-hydrogen) atoms. The maximum atomic E-state index is 12.1. The molecule has 6 heteroatoms. The van der Waals surface area contributed by atoms with Crippen LogP contribution in [0.5, 0.6) is 0 Å². The van der Waals surface area contributed by atoms with Crippen LogP contribution in [0.3, 0.4) is 0 Å². The molecule has 1 N–H and O–H groups in total. The zero-order chi connectivity index (χ0) is 10.8. The van der Waals surface area contributed by atoms with Crippen molar-refractivity contribution in [3.63, 3.8) is 0 Å². The van der Waals surface area contributed by atoms with E-state index in [4.69, 9.17) is 5.11 Å². The highest BCUT2D eigenvalue weighted by molar-refractivity contribution is 5.74. The van der Waals surface area contributed by atoms with Crippen molar-refractivity contribution in [3.05, 3.63) is 24.0 Å². The Labute approximate surface area is 84.2 Å². The van der Waals surface area contributed by atoms with Gasteiger partial charge in [0.05, 0.1) is 12.8 Å². The minimum absolute atomic E-state index is 0.122. The molecular formula is C9H9F2N3O. The molecule has 2 rings (SSSR count). The van der Waals surface area contributed by atoms with Gasteiger partial charge in [-0.05, 0) is 11.6 Å². The van der Waals surface area contributed by atoms with Gasteiger partial charge < -0.3 is 5.11 Å². The molecule has 0 saturated heterocycles. The van der Waals surface area contributed by atoms with Crippen molar-refractivity contribution >= 4 is 11.0 Å². The van der Waals surface area contributed by atoms with Crippen molar-refractivity contribution in [2.45, 2.75) is 19.6 Å². The van der Waals surface area contributed by atoms with Crippen molar-refractivity contribution in [1.82, 2.24) is 14.8 Å². The molecule has 0 atom stereocenters. The number of aliphatic hydroxyl groups is 1. The Hall–Kier alpha value is -1.56. The third-order valence-electron chi connectivity index (χ3n) is 2.03. The highest BCUT2D eigenvalue weighted by Gasteiger charge is 2.09. The number of nitrogens with zero attached hydrogens (tertiary/aromatic N) is 3. The lowest BCUT2D eigenvalue weighted by molar-refractivity contribution is 0.123. The van der Waals surface area contributed by atoms with Gasteiger partial charge in [-0.1, -0.05) is 0 Å². The minimum Gasteiger partial charge on any atom is -0.392 e. The van der Waals surface area contributed by atoms with Gasteiger partial charge in [-0.3, -0.25) is 0 Å². The Kier molecular flexibility index (Phi) is 2.59. The minimum atomic E-state index is -2.45. The van der Waals surface area contributed by atoms with E-state index in [1.807, 2.05) is 0 Å². The number of rotatable bonds is 3. The topological polar surface area (TPSA) is 50.9 Å². The molecule has 0 bridgehead atoms. The Bertz CT molecular complexity index is 469. The number of alkyl halides is 2. The van der Waals surface area contributed by atoms with Gasteiger partial charge >= 0.3 is 0 Å². The fraction of sp³-hybridized carbons (Fsp3) is 0.333. The van der Waals surface area contributed by atoms with Gasteiger partial charge in [0.2, 0.25) is 0 Å². The summed E-state index contributed by atoms with van der Waals surface area (Å²) in [6.45, 7) is -0.585. The standard InChI is InChI=1S/C9H9F2N3O/c10-8(11)4-14-9-7(3-13-14)1-6(5-15)2-12-9/h1-3,8,15H,4-5H2. The van der Waals surface area contributed by atoms with E-state index in [9.17, 15) is 8.78 Å². The van der Waals surface area contributed by atoms with Crippen LogP contribution in [0, 0.1) is 0 Å². The first-order chi connectivity index (χ1) is 7.20. The average molecular weight is 213 g/mol. The molecule has 0 amide bonds. The largest absolute Gasteiger partial charge is 0.392 e. The Morgan fingerprint density at radius 3 is 2.87 bits per heavy atom. The normalized spacial score (nSPS) is 11.5. The van der Waals surface area contributed by atoms with Crippen LogP contribution in [0.25, 0.3) is 11.0 Å². The van der Waals surface area contributed by atoms with E-state index in [0.717, 1.165) is 4.68 Å². The van der Waals surface area contributed by atoms with E-state index in [1.54, 1.807) is 6.07 Å². The number of hydrogen-bond donors (Lipinski definition) is 1. The van der Waals surface area contributed by atoms with Crippen molar-refractivity contribution < 1.29 is 13.9 Å². The summed E-state index contributed by atoms with van der Waals surface area (Å²) < 4.78 is 25.4. The van der Waals surface area contributed by atoms with Crippen LogP contribution >= 0.6 is 0 Å². The first-order valence-electron chi connectivity index (χ1n) is 4.40. The maximum absolute atomic E-state index is 12.1. The molecule has 0 aliphatic rings. The van der Waals surface area contributed by atoms with Gasteiger partial charge in [0, 0.05) is 11.6 Å². The zero-order valence-corrected chi connectivity index (χ0v) is 7.77. The molecule has 2 aromatic rings. The summed E-state index contributed by atoms with van der Waals surface area (Å²) in [6.07, 6.45) is 0.461. The van der Waals surface area contributed by atoms with Crippen molar-refractivity contribution in [1.29, 1.82) is 0 Å². The Morgan fingerprint density at radius 1 is 1.40 bits per heavy atom. The van der Waals surface area contributed by atoms with E-state index in [0.29, 0.717) is 16.6 Å². The smallest absolute Gasteiger partial charge is 0.258 e. The molecule has 80 valence electrons. The second-order valence-electron chi connectivity index (χ2n) is 3.13. The monoisotopic (exact) mass is 213 g/mol. The van der Waals surface area contributed by atoms with E-state index in [-0.39, 0.29) is 6.61 Å². The maximum Gasteiger partial charge on any atom is 0.258 e. The summed E-state index contributed by atoms with van der Waals surface area (Å²) in [5.41, 5.74) is 1.05. The van der Waals surface area contributed by atoms with Crippen LogP contribution in [-0.2, 0) is 13.2 Å². The molecule has 0 aliphatic heterocycles. The summed E-state index contributed by atoms with van der Waals surface area (Å²) in [6, 6.07) is 1.68. The van der Waals surface area contributed by atoms with Crippen LogP contribution in [0.1, 0.15) is 5.56 Å². The number of pyridine rings is 1. The number of hydrogen-bond acceptors (Lipinski definition) is 3. The van der Waals surface area contributed by atoms with Gasteiger partial charge in [0.25, 0.3) is 6.43 Å². The molecule has 0 spiro atoms. The van der Waals surface area contributed by atoms with Crippen molar-refractivity contribution in [3.8, 4) is 0 Å². The number of aliphatic hydroxyl groups excluding tert-OH is 1. The molecule has 2 aromatic heterocycles. The SMILES string of the molecule is OCc1cnc2c(cnn2CC(F)F)c1. The van der Waals surface area contributed by atoms with E-state index in [1.165, 1.54) is 12.4 Å². The van der Waals surface area contributed by atoms with Gasteiger partial charge in [0.1, 0.15) is 6.54 Å². The molecule has 0 aromatic carbocycles. The van der Waals surface area contributed by atoms with Crippen molar-refractivity contribution in [2.24, 2.45) is 0 Å². The number of aromatic nitrogens is 3. The van der Waals surface area contributed by atoms with Crippen LogP contribution in [0.15, 0.2) is 18.5 Å². The molecule has 0 radical (unpaired) electrons. The second-order valence-corrected chi connectivity index (χ2v) is 3.13. The highest BCUT2D eigenvalue weighted by atomic mass is 19.3. The summed E-state index contributed by atoms with van der Waals surface area (Å²) in [5, 5.41) is 13.3. The Balaban J connectivity index is 2.43. The van der Waals surface area contributed by atoms with Gasteiger partial charge in [-0.15, -0.1) is 0 Å². The molecule has 0 aliphatic carbocycles. The lowest BCUT2D eigenvalue weighted by atomic mass is 10.2. The van der Waals surface area contributed by atoms with Gasteiger partial charge in [-0.25, -0.2) is 18.4 Å². The second kappa shape index (κ2) is 3.90. The number of halogens is 2. The van der Waals surface area contributed by atoms with Crippen molar-refractivity contribution in [2.75, 3.05) is 0 Å². The lowest BCUT2D eigenvalue weighted by Gasteiger charge is -2.01. The highest BCUT2D eigenvalue weighted by Crippen LogP contribution is 2.13. The van der Waals surface area contributed by atoms with Crippen LogP contribution in [-0.4, -0.2) is 26.3 Å². The van der Waals surface area contributed by atoms with E-state index < -0.39 is 13.0 Å². The Morgan fingerprint density at radius 2 is 2.20 bits per heavy atom. The zero-order valence-electron chi connectivity index (χ0n) is 7.77. The summed E-state index contributed by atoms with van der Waals surface area (Å²) in [4.78, 5) is 3.97. The molecular weight excluding hydrogens is 204 g/mol. The fourth-order valence-corrected chi connectivity index (χ4v) is 1.37. The number of fused-ring (bicyclic) bond motifs is 1. The van der Waals surface area contributed by atoms with E-state index >= 15 is 0 Å². The van der Waals surface area contributed by atoms with Crippen LogP contribution in [0.2, 0.25) is 0 Å². The van der Waals surface area contributed by atoms with E-state index in [2.05, 4.69) is 10.1 Å². The molecule has 0 fully saturated rings. The third-order valence-corrected chi connectivity index (χ3v) is 2.03. The first-order valence-corrected chi connectivity index (χ1v) is 4.40. The molecule has 4 nitrogen and oxygen atoms in total. The summed E-state index contributed by atoms with van der Waals surface area (Å²) in [7, 11) is 0. The third kappa shape index (κ3) is 1.94. The van der Waals surface area contributed by atoms with Crippen LogP contribution in [0.4, 0.5) is 8.78 Å². The predicted molar refractivity (Wildman–Crippen MR) is 49.5 cm³/mol. The predicted octanol–water partition coefficient (Wildman–Crippen LogP) is 1.19. The molecule has 0 unspecified atom stereocenters. The molecule has 0 saturated carbocycles. The van der Waals surface area contributed by atoms with Gasteiger partial charge in [-0.2, -0.15) is 5.10 Å². The first kappa shape index (κ1) is 9.97. The summed E-state index contributed by atoms with van der Waals surface area (Å²) in [5.74, 6) is 0. The van der Waals surface area contributed by atoms with Gasteiger partial charge in [0.15, 0.2) is 5.65 Å². The summed E-state index contributed by atoms with van der Waals surface area (Å²) >= 11 is 0. The fourth-order valence-electron chi connectivity index (χ4n) is 1.37. The van der Waals surface area contributed by atoms with Crippen LogP contribution < -0.4 is 0 Å². The quantitative estimate of drug-likeness (QED) is 0.833. The molecule has 2 heterocycles.